The van der Waals surface area contributed by atoms with Gasteiger partial charge in [0.2, 0.25) is 10.0 Å². The molecule has 12 heteroatoms. The molecule has 1 aromatic heterocycles. The molecule has 0 radical (unpaired) electrons. The molecular weight excluding hydrogens is 669 g/mol. The lowest BCUT2D eigenvalue weighted by Crippen LogP contribution is -2.30. The third-order valence-corrected chi connectivity index (χ3v) is 11.6. The van der Waals surface area contributed by atoms with Gasteiger partial charge in [-0.2, -0.15) is 0 Å². The Labute approximate surface area is 300 Å². The molecule has 3 aromatic carbocycles. The van der Waals surface area contributed by atoms with E-state index in [4.69, 9.17) is 14.3 Å². The smallest absolute Gasteiger partial charge is 0.337 e. The van der Waals surface area contributed by atoms with Crippen LogP contribution in [0.4, 0.5) is 5.69 Å². The third kappa shape index (κ3) is 8.45. The van der Waals surface area contributed by atoms with Crippen LogP contribution >= 0.6 is 0 Å². The summed E-state index contributed by atoms with van der Waals surface area (Å²) in [7, 11) is 2.63. The number of hydrogen-bond acceptors (Lipinski definition) is 7. The maximum Gasteiger partial charge on any atom is 0.337 e. The van der Waals surface area contributed by atoms with Crippen LogP contribution in [0, 0.1) is 0 Å². The van der Waals surface area contributed by atoms with Crippen LogP contribution in [-0.4, -0.2) is 81.6 Å². The lowest BCUT2D eigenvalue weighted by Gasteiger charge is -2.24. The minimum Gasteiger partial charge on any atom is -0.483 e. The molecule has 0 bridgehead atoms. The average molecular weight is 718 g/mol. The SMILES string of the molecule is C=[N+](OC)c1ccccc1S(=O)(=O)N(C)CCCCCNC(=O)COc1ccccc1-c1c(C2CCCCC2)c2ccc(C(=O)OC)cc2n1C. The number of ether oxygens (including phenoxy) is 2. The van der Waals surface area contributed by atoms with Crippen LogP contribution in [0.1, 0.15) is 73.2 Å². The summed E-state index contributed by atoms with van der Waals surface area (Å²) in [6, 6.07) is 20.1. The molecule has 272 valence electrons. The number of nitrogens with zero attached hydrogens (tertiary/aromatic N) is 3. The zero-order valence-corrected chi connectivity index (χ0v) is 30.8. The Morgan fingerprint density at radius 2 is 1.71 bits per heavy atom. The fourth-order valence-corrected chi connectivity index (χ4v) is 8.34. The molecule has 1 heterocycles. The van der Waals surface area contributed by atoms with Crippen molar-refractivity contribution < 1.29 is 37.1 Å². The number of aryl methyl sites for hydroxylation is 1. The molecular formula is C39H49N4O7S+. The number of hydrogen-bond donors (Lipinski definition) is 1. The molecule has 1 amide bonds. The van der Waals surface area contributed by atoms with Gasteiger partial charge < -0.3 is 19.4 Å². The fraction of sp³-hybridized carbons (Fsp3) is 0.410. The number of rotatable bonds is 16. The van der Waals surface area contributed by atoms with Crippen molar-refractivity contribution in [2.75, 3.05) is 41.0 Å². The van der Waals surface area contributed by atoms with E-state index in [0.717, 1.165) is 41.4 Å². The maximum absolute atomic E-state index is 13.2. The van der Waals surface area contributed by atoms with Gasteiger partial charge in [0.05, 0.1) is 18.4 Å². The first-order valence-electron chi connectivity index (χ1n) is 17.5. The summed E-state index contributed by atoms with van der Waals surface area (Å²) >= 11 is 0. The highest BCUT2D eigenvalue weighted by atomic mass is 32.2. The van der Waals surface area contributed by atoms with Gasteiger partial charge in [-0.1, -0.05) is 56.0 Å². The topological polar surface area (TPSA) is 119 Å². The molecule has 0 unspecified atom stereocenters. The second-order valence-electron chi connectivity index (χ2n) is 12.9. The first kappa shape index (κ1) is 37.6. The first-order valence-corrected chi connectivity index (χ1v) is 18.9. The molecule has 0 aliphatic heterocycles. The lowest BCUT2D eigenvalue weighted by atomic mass is 9.81. The number of amides is 1. The minimum atomic E-state index is -3.75. The van der Waals surface area contributed by atoms with Crippen molar-refractivity contribution in [3.05, 3.63) is 77.9 Å². The van der Waals surface area contributed by atoms with Crippen LogP contribution in [-0.2, 0) is 31.4 Å². The number of carbonyl (C=O) groups excluding carboxylic acids is 2. The molecule has 0 saturated heterocycles. The second-order valence-corrected chi connectivity index (χ2v) is 14.9. The Balaban J connectivity index is 1.19. The van der Waals surface area contributed by atoms with Crippen LogP contribution < -0.4 is 10.1 Å². The van der Waals surface area contributed by atoms with Gasteiger partial charge in [0.1, 0.15) is 12.9 Å². The molecule has 51 heavy (non-hydrogen) atoms. The number of benzene rings is 3. The number of carbonyl (C=O) groups is 2. The summed E-state index contributed by atoms with van der Waals surface area (Å²) in [4.78, 5) is 30.5. The van der Waals surface area contributed by atoms with Gasteiger partial charge in [0.25, 0.3) is 11.6 Å². The zero-order valence-electron chi connectivity index (χ0n) is 30.0. The number of aromatic nitrogens is 1. The molecule has 1 N–H and O–H groups in total. The van der Waals surface area contributed by atoms with Gasteiger partial charge in [0.15, 0.2) is 18.2 Å². The fourth-order valence-electron chi connectivity index (χ4n) is 6.95. The van der Waals surface area contributed by atoms with Crippen molar-refractivity contribution in [2.45, 2.75) is 62.2 Å². The van der Waals surface area contributed by atoms with Crippen LogP contribution in [0.25, 0.3) is 22.2 Å². The van der Waals surface area contributed by atoms with Crippen LogP contribution in [0.5, 0.6) is 5.75 Å². The quantitative estimate of drug-likeness (QED) is 0.0458. The molecule has 4 aromatic rings. The van der Waals surface area contributed by atoms with Crippen molar-refractivity contribution in [1.82, 2.24) is 14.2 Å². The lowest BCUT2D eigenvalue weighted by molar-refractivity contribution is -0.715. The molecule has 0 spiro atoms. The number of para-hydroxylation sites is 2. The number of sulfonamides is 1. The number of methoxy groups -OCH3 is 1. The molecule has 0 atom stereocenters. The summed E-state index contributed by atoms with van der Waals surface area (Å²) in [5.41, 5.74) is 5.00. The molecule has 1 aliphatic carbocycles. The van der Waals surface area contributed by atoms with Crippen molar-refractivity contribution >= 4 is 45.2 Å². The van der Waals surface area contributed by atoms with E-state index in [0.29, 0.717) is 48.8 Å². The van der Waals surface area contributed by atoms with Crippen molar-refractivity contribution in [3.8, 4) is 17.0 Å². The van der Waals surface area contributed by atoms with Gasteiger partial charge >= 0.3 is 5.97 Å². The van der Waals surface area contributed by atoms with Gasteiger partial charge in [-0.25, -0.2) is 17.5 Å². The second kappa shape index (κ2) is 17.0. The summed E-state index contributed by atoms with van der Waals surface area (Å²) in [6.07, 6.45) is 7.83. The van der Waals surface area contributed by atoms with Crippen molar-refractivity contribution in [1.29, 1.82) is 0 Å². The van der Waals surface area contributed by atoms with E-state index >= 15 is 0 Å². The van der Waals surface area contributed by atoms with Gasteiger partial charge in [-0.3, -0.25) is 9.63 Å². The Kier molecular flexibility index (Phi) is 12.5. The van der Waals surface area contributed by atoms with E-state index in [-0.39, 0.29) is 23.4 Å². The first-order chi connectivity index (χ1) is 24.6. The van der Waals surface area contributed by atoms with Crippen LogP contribution in [0.15, 0.2) is 71.6 Å². The number of esters is 1. The van der Waals surface area contributed by atoms with E-state index in [1.165, 1.54) is 54.2 Å². The maximum atomic E-state index is 13.2. The number of fused-ring (bicyclic) bond motifs is 1. The highest BCUT2D eigenvalue weighted by Crippen LogP contribution is 2.46. The van der Waals surface area contributed by atoms with Crippen LogP contribution in [0.2, 0.25) is 0 Å². The van der Waals surface area contributed by atoms with Crippen LogP contribution in [0.3, 0.4) is 0 Å². The van der Waals surface area contributed by atoms with Crippen molar-refractivity contribution in [3.63, 3.8) is 0 Å². The molecule has 11 nitrogen and oxygen atoms in total. The van der Waals surface area contributed by atoms with Crippen molar-refractivity contribution in [2.24, 2.45) is 7.05 Å². The summed E-state index contributed by atoms with van der Waals surface area (Å²) in [5, 5.41) is 4.04. The van der Waals surface area contributed by atoms with E-state index < -0.39 is 10.0 Å². The third-order valence-electron chi connectivity index (χ3n) is 9.69. The Morgan fingerprint density at radius 1 is 0.980 bits per heavy atom. The molecule has 1 fully saturated rings. The van der Waals surface area contributed by atoms with E-state index in [1.54, 1.807) is 25.2 Å². The van der Waals surface area contributed by atoms with E-state index in [2.05, 4.69) is 16.6 Å². The number of nitrogens with one attached hydrogen (secondary N) is 1. The number of unbranched alkanes of at least 4 members (excludes halogenated alkanes) is 2. The summed E-state index contributed by atoms with van der Waals surface area (Å²) < 4.78 is 42.2. The zero-order chi connectivity index (χ0) is 36.5. The Hall–Kier alpha value is -4.68. The minimum absolute atomic E-state index is 0.122. The van der Waals surface area contributed by atoms with E-state index in [1.807, 2.05) is 49.5 Å². The summed E-state index contributed by atoms with van der Waals surface area (Å²) in [6.45, 7) is 4.37. The summed E-state index contributed by atoms with van der Waals surface area (Å²) in [5.74, 6) is 0.384. The predicted octanol–water partition coefficient (Wildman–Crippen LogP) is 6.57. The van der Waals surface area contributed by atoms with Gasteiger partial charge in [-0.05, 0) is 67.5 Å². The average Bonchev–Trinajstić information content (AvgIpc) is 3.45. The standard InChI is InChI=1S/C39H48N4O7S/c1-41(51(46,47)35-21-13-11-19-32(35)43(3)49-5)25-15-7-14-24-40-36(44)27-50-34-20-12-10-18-31(34)38-37(28-16-8-6-9-17-28)30-23-22-29(39(45)48-4)26-33(30)42(38)2/h10-13,18-23,26,28H,3,6-9,14-17,24-25,27H2,1-2,4-5H3/p+1. The Morgan fingerprint density at radius 3 is 2.45 bits per heavy atom. The Bertz CT molecular complexity index is 1980. The monoisotopic (exact) mass is 717 g/mol. The molecule has 5 rings (SSSR count). The molecule has 1 saturated carbocycles. The highest BCUT2D eigenvalue weighted by Gasteiger charge is 2.30. The highest BCUT2D eigenvalue weighted by molar-refractivity contribution is 7.89. The normalized spacial score (nSPS) is 13.7. The van der Waals surface area contributed by atoms with Gasteiger partial charge in [-0.15, -0.1) is 0 Å². The van der Waals surface area contributed by atoms with Gasteiger partial charge in [0, 0.05) is 54.5 Å². The van der Waals surface area contributed by atoms with E-state index in [9.17, 15) is 18.0 Å². The molecule has 1 aliphatic rings. The predicted molar refractivity (Wildman–Crippen MR) is 198 cm³/mol. The largest absolute Gasteiger partial charge is 0.483 e.